The molecule has 8 heteroatoms. The van der Waals surface area contributed by atoms with Crippen molar-refractivity contribution in [2.24, 2.45) is 0 Å². The van der Waals surface area contributed by atoms with Crippen LogP contribution in [0.4, 0.5) is 11.4 Å². The van der Waals surface area contributed by atoms with Crippen LogP contribution in [0.3, 0.4) is 0 Å². The monoisotopic (exact) mass is 315 g/mol. The first-order valence-electron chi connectivity index (χ1n) is 6.53. The molecule has 0 unspecified atom stereocenters. The van der Waals surface area contributed by atoms with E-state index in [0.29, 0.717) is 6.42 Å². The van der Waals surface area contributed by atoms with E-state index in [-0.39, 0.29) is 10.6 Å². The molecule has 1 N–H and O–H groups in total. The highest BCUT2D eigenvalue weighted by Crippen LogP contribution is 2.35. The van der Waals surface area contributed by atoms with E-state index in [1.165, 1.54) is 36.6 Å². The molecule has 0 radical (unpaired) electrons. The van der Waals surface area contributed by atoms with Gasteiger partial charge >= 0.3 is 5.69 Å². The van der Waals surface area contributed by atoms with E-state index in [4.69, 9.17) is 0 Å². The average molecular weight is 315 g/mol. The third kappa shape index (κ3) is 3.16. The molecule has 21 heavy (non-hydrogen) atoms. The number of hydrogen-bond acceptors (Lipinski definition) is 5. The van der Waals surface area contributed by atoms with Gasteiger partial charge in [-0.15, -0.1) is 0 Å². The molecule has 0 spiro atoms. The highest BCUT2D eigenvalue weighted by Gasteiger charge is 2.37. The Labute approximate surface area is 125 Å². The number of nitro groups is 1. The minimum atomic E-state index is -3.97. The molecule has 0 amide bonds. The van der Waals surface area contributed by atoms with E-state index in [9.17, 15) is 18.5 Å². The summed E-state index contributed by atoms with van der Waals surface area (Å²) >= 11 is 0. The van der Waals surface area contributed by atoms with E-state index < -0.39 is 26.2 Å². The highest BCUT2D eigenvalue weighted by atomic mass is 32.2. The lowest BCUT2D eigenvalue weighted by Gasteiger charge is -2.33. The molecule has 0 heterocycles. The van der Waals surface area contributed by atoms with Crippen LogP contribution in [-0.4, -0.2) is 37.3 Å². The largest absolute Gasteiger partial charge is 0.383 e. The van der Waals surface area contributed by atoms with Crippen molar-refractivity contribution in [1.29, 1.82) is 0 Å². The molecule has 0 atom stereocenters. The quantitative estimate of drug-likeness (QED) is 0.643. The summed E-state index contributed by atoms with van der Waals surface area (Å²) in [5.74, 6) is 0. The van der Waals surface area contributed by atoms with Crippen LogP contribution in [0.2, 0.25) is 0 Å². The third-order valence-electron chi connectivity index (χ3n) is 3.81. The molecule has 0 bridgehead atoms. The minimum absolute atomic E-state index is 0.170. The SMILES string of the molecule is CCC(C)(C)N(C)S(=O)(=O)c1cccc(NC)c1[N+](=O)[O-]. The Morgan fingerprint density at radius 1 is 1.38 bits per heavy atom. The second-order valence-corrected chi connectivity index (χ2v) is 7.24. The van der Waals surface area contributed by atoms with Crippen LogP contribution in [0, 0.1) is 10.1 Å². The number of hydrogen-bond donors (Lipinski definition) is 1. The molecule has 1 rings (SSSR count). The van der Waals surface area contributed by atoms with Gasteiger partial charge in [-0.2, -0.15) is 4.31 Å². The van der Waals surface area contributed by atoms with Gasteiger partial charge in [0.1, 0.15) is 5.69 Å². The van der Waals surface area contributed by atoms with Gasteiger partial charge in [-0.3, -0.25) is 10.1 Å². The Morgan fingerprint density at radius 3 is 2.38 bits per heavy atom. The van der Waals surface area contributed by atoms with E-state index in [1.54, 1.807) is 13.8 Å². The highest BCUT2D eigenvalue weighted by molar-refractivity contribution is 7.89. The molecular formula is C13H21N3O4S. The molecule has 1 aromatic carbocycles. The van der Waals surface area contributed by atoms with Crippen molar-refractivity contribution in [3.63, 3.8) is 0 Å². The van der Waals surface area contributed by atoms with Crippen molar-refractivity contribution >= 4 is 21.4 Å². The van der Waals surface area contributed by atoms with Crippen molar-refractivity contribution in [1.82, 2.24) is 4.31 Å². The van der Waals surface area contributed by atoms with Crippen LogP contribution >= 0.6 is 0 Å². The average Bonchev–Trinajstić information content (AvgIpc) is 2.45. The van der Waals surface area contributed by atoms with Crippen LogP contribution in [-0.2, 0) is 10.0 Å². The normalized spacial score (nSPS) is 12.5. The minimum Gasteiger partial charge on any atom is -0.383 e. The first-order valence-corrected chi connectivity index (χ1v) is 7.97. The van der Waals surface area contributed by atoms with Crippen LogP contribution in [0.5, 0.6) is 0 Å². The molecule has 0 fully saturated rings. The van der Waals surface area contributed by atoms with Crippen molar-refractivity contribution in [3.8, 4) is 0 Å². The topological polar surface area (TPSA) is 92.6 Å². The number of rotatable bonds is 6. The summed E-state index contributed by atoms with van der Waals surface area (Å²) in [5.41, 5.74) is -0.898. The number of benzene rings is 1. The second-order valence-electron chi connectivity index (χ2n) is 5.30. The maximum Gasteiger partial charge on any atom is 0.312 e. The smallest absolute Gasteiger partial charge is 0.312 e. The van der Waals surface area contributed by atoms with E-state index in [1.807, 2.05) is 6.92 Å². The van der Waals surface area contributed by atoms with Gasteiger partial charge in [0.05, 0.1) is 4.92 Å². The molecule has 0 aliphatic rings. The molecule has 0 saturated heterocycles. The summed E-state index contributed by atoms with van der Waals surface area (Å²) in [7, 11) is -1.01. The maximum absolute atomic E-state index is 12.7. The van der Waals surface area contributed by atoms with Crippen LogP contribution in [0.25, 0.3) is 0 Å². The molecule has 1 aromatic rings. The molecule has 0 aromatic heterocycles. The molecule has 0 aliphatic heterocycles. The van der Waals surface area contributed by atoms with E-state index >= 15 is 0 Å². The van der Waals surface area contributed by atoms with Crippen molar-refractivity contribution < 1.29 is 13.3 Å². The Balaban J connectivity index is 3.56. The zero-order chi connectivity index (χ0) is 16.4. The zero-order valence-electron chi connectivity index (χ0n) is 12.9. The van der Waals surface area contributed by atoms with E-state index in [0.717, 1.165) is 0 Å². The molecule has 7 nitrogen and oxygen atoms in total. The number of nitrogens with one attached hydrogen (secondary N) is 1. The van der Waals surface area contributed by atoms with Gasteiger partial charge in [0, 0.05) is 19.6 Å². The van der Waals surface area contributed by atoms with Crippen LogP contribution in [0.1, 0.15) is 27.2 Å². The Bertz CT molecular complexity index is 641. The van der Waals surface area contributed by atoms with Crippen LogP contribution < -0.4 is 5.32 Å². The lowest BCUT2D eigenvalue weighted by Crippen LogP contribution is -2.44. The van der Waals surface area contributed by atoms with Crippen molar-refractivity contribution in [2.45, 2.75) is 37.6 Å². The fraction of sp³-hybridized carbons (Fsp3) is 0.538. The molecule has 0 aliphatic carbocycles. The van der Waals surface area contributed by atoms with Gasteiger partial charge in [-0.25, -0.2) is 8.42 Å². The van der Waals surface area contributed by atoms with Crippen molar-refractivity contribution in [3.05, 3.63) is 28.3 Å². The molecular weight excluding hydrogens is 294 g/mol. The summed E-state index contributed by atoms with van der Waals surface area (Å²) in [6.07, 6.45) is 0.586. The summed E-state index contributed by atoms with van der Waals surface area (Å²) in [6, 6.07) is 4.22. The van der Waals surface area contributed by atoms with Gasteiger partial charge in [0.25, 0.3) is 0 Å². The number of anilines is 1. The standard InChI is InChI=1S/C13H21N3O4S/c1-6-13(2,3)15(5)21(19,20)11-9-7-8-10(14-4)12(11)16(17)18/h7-9,14H,6H2,1-5H3. The fourth-order valence-electron chi connectivity index (χ4n) is 1.82. The summed E-state index contributed by atoms with van der Waals surface area (Å²) in [4.78, 5) is 10.3. The molecule has 0 saturated carbocycles. The van der Waals surface area contributed by atoms with Gasteiger partial charge < -0.3 is 5.32 Å². The van der Waals surface area contributed by atoms with Gasteiger partial charge in [-0.1, -0.05) is 13.0 Å². The lowest BCUT2D eigenvalue weighted by atomic mass is 10.0. The maximum atomic E-state index is 12.7. The van der Waals surface area contributed by atoms with Crippen LogP contribution in [0.15, 0.2) is 23.1 Å². The summed E-state index contributed by atoms with van der Waals surface area (Å²) in [5, 5.41) is 13.9. The number of nitro benzene ring substituents is 1. The fourth-order valence-corrected chi connectivity index (χ4v) is 3.57. The van der Waals surface area contributed by atoms with Gasteiger partial charge in [0.15, 0.2) is 4.90 Å². The first-order chi connectivity index (χ1) is 9.59. The van der Waals surface area contributed by atoms with Crippen molar-refractivity contribution in [2.75, 3.05) is 19.4 Å². The van der Waals surface area contributed by atoms with Gasteiger partial charge in [-0.05, 0) is 32.4 Å². The third-order valence-corrected chi connectivity index (χ3v) is 5.91. The predicted octanol–water partition coefficient (Wildman–Crippen LogP) is 2.45. The molecule has 118 valence electrons. The number of sulfonamides is 1. The summed E-state index contributed by atoms with van der Waals surface area (Å²) < 4.78 is 26.6. The second kappa shape index (κ2) is 5.98. The number of para-hydroxylation sites is 1. The number of nitrogens with zero attached hydrogens (tertiary/aromatic N) is 2. The van der Waals surface area contributed by atoms with Gasteiger partial charge in [0.2, 0.25) is 10.0 Å². The lowest BCUT2D eigenvalue weighted by molar-refractivity contribution is -0.386. The zero-order valence-corrected chi connectivity index (χ0v) is 13.7. The first kappa shape index (κ1) is 17.4. The summed E-state index contributed by atoms with van der Waals surface area (Å²) in [6.45, 7) is 5.42. The Hall–Kier alpha value is -1.67. The predicted molar refractivity (Wildman–Crippen MR) is 82.0 cm³/mol. The Kier molecular flexibility index (Phi) is 4.95. The van der Waals surface area contributed by atoms with E-state index in [2.05, 4.69) is 5.32 Å². The Morgan fingerprint density at radius 2 is 1.95 bits per heavy atom.